The molecule has 19 heavy (non-hydrogen) atoms. The van der Waals surface area contributed by atoms with Crippen molar-refractivity contribution in [1.82, 2.24) is 4.90 Å². The highest BCUT2D eigenvalue weighted by Crippen LogP contribution is 2.16. The van der Waals surface area contributed by atoms with Gasteiger partial charge in [-0.25, -0.2) is 4.79 Å². The van der Waals surface area contributed by atoms with Gasteiger partial charge in [-0.1, -0.05) is 32.0 Å². The van der Waals surface area contributed by atoms with E-state index in [2.05, 4.69) is 32.6 Å². The molecule has 1 aromatic carbocycles. The summed E-state index contributed by atoms with van der Waals surface area (Å²) in [5.41, 5.74) is 1.70. The number of hydrogen-bond acceptors (Lipinski definition) is 3. The lowest BCUT2D eigenvalue weighted by Crippen LogP contribution is -2.34. The van der Waals surface area contributed by atoms with Gasteiger partial charge >= 0.3 is 5.97 Å². The fourth-order valence-corrected chi connectivity index (χ4v) is 2.11. The number of nitrogens with zero attached hydrogens (tertiary/aromatic N) is 1. The van der Waals surface area contributed by atoms with Crippen LogP contribution in [-0.2, 0) is 11.3 Å². The van der Waals surface area contributed by atoms with Crippen LogP contribution in [0.4, 0.5) is 0 Å². The molecule has 106 valence electrons. The SMILES string of the molecule is COC(=O)c1ccccc1CN(CC(C)C)C(C)C. The summed E-state index contributed by atoms with van der Waals surface area (Å²) < 4.78 is 4.84. The molecule has 3 nitrogen and oxygen atoms in total. The predicted molar refractivity (Wildman–Crippen MR) is 78.2 cm³/mol. The number of esters is 1. The van der Waals surface area contributed by atoms with Crippen LogP contribution in [0.1, 0.15) is 43.6 Å². The van der Waals surface area contributed by atoms with Crippen molar-refractivity contribution in [2.75, 3.05) is 13.7 Å². The Labute approximate surface area is 116 Å². The Morgan fingerprint density at radius 3 is 2.37 bits per heavy atom. The molecule has 0 radical (unpaired) electrons. The van der Waals surface area contributed by atoms with Gasteiger partial charge in [0, 0.05) is 19.1 Å². The Hall–Kier alpha value is -1.35. The monoisotopic (exact) mass is 263 g/mol. The molecule has 0 N–H and O–H groups in total. The lowest BCUT2D eigenvalue weighted by Gasteiger charge is -2.28. The van der Waals surface area contributed by atoms with Gasteiger partial charge in [-0.05, 0) is 31.4 Å². The first-order chi connectivity index (χ1) is 8.95. The third kappa shape index (κ3) is 4.67. The number of hydrogen-bond donors (Lipinski definition) is 0. The van der Waals surface area contributed by atoms with E-state index in [4.69, 9.17) is 4.74 Å². The number of carbonyl (C=O) groups is 1. The van der Waals surface area contributed by atoms with Crippen molar-refractivity contribution in [3.05, 3.63) is 35.4 Å². The molecule has 0 saturated carbocycles. The van der Waals surface area contributed by atoms with Crippen LogP contribution >= 0.6 is 0 Å². The van der Waals surface area contributed by atoms with E-state index < -0.39 is 0 Å². The Balaban J connectivity index is 2.93. The average Bonchev–Trinajstić information content (AvgIpc) is 2.37. The molecule has 0 aliphatic rings. The number of rotatable bonds is 6. The standard InChI is InChI=1S/C16H25NO2/c1-12(2)10-17(13(3)4)11-14-8-6-7-9-15(14)16(18)19-5/h6-9,12-13H,10-11H2,1-5H3. The highest BCUT2D eigenvalue weighted by molar-refractivity contribution is 5.90. The molecular weight excluding hydrogens is 238 g/mol. The second-order valence-corrected chi connectivity index (χ2v) is 5.57. The van der Waals surface area contributed by atoms with Crippen molar-refractivity contribution in [2.24, 2.45) is 5.92 Å². The van der Waals surface area contributed by atoms with Crippen LogP contribution in [0, 0.1) is 5.92 Å². The highest BCUT2D eigenvalue weighted by atomic mass is 16.5. The number of benzene rings is 1. The maximum Gasteiger partial charge on any atom is 0.338 e. The van der Waals surface area contributed by atoms with Crippen LogP contribution < -0.4 is 0 Å². The number of ether oxygens (including phenoxy) is 1. The van der Waals surface area contributed by atoms with E-state index in [-0.39, 0.29) is 5.97 Å². The second-order valence-electron chi connectivity index (χ2n) is 5.57. The zero-order valence-electron chi connectivity index (χ0n) is 12.6. The van der Waals surface area contributed by atoms with Gasteiger partial charge < -0.3 is 4.74 Å². The smallest absolute Gasteiger partial charge is 0.338 e. The number of carbonyl (C=O) groups excluding carboxylic acids is 1. The van der Waals surface area contributed by atoms with Crippen LogP contribution in [0.15, 0.2) is 24.3 Å². The normalized spacial score (nSPS) is 11.4. The quantitative estimate of drug-likeness (QED) is 0.737. The molecule has 0 spiro atoms. The van der Waals surface area contributed by atoms with E-state index in [1.54, 1.807) is 0 Å². The van der Waals surface area contributed by atoms with Crippen molar-refractivity contribution in [1.29, 1.82) is 0 Å². The van der Waals surface area contributed by atoms with Crippen molar-refractivity contribution >= 4 is 5.97 Å². The van der Waals surface area contributed by atoms with Gasteiger partial charge in [-0.15, -0.1) is 0 Å². The van der Waals surface area contributed by atoms with Crippen molar-refractivity contribution in [3.63, 3.8) is 0 Å². The van der Waals surface area contributed by atoms with Crippen LogP contribution in [0.3, 0.4) is 0 Å². The maximum absolute atomic E-state index is 11.8. The Morgan fingerprint density at radius 1 is 1.21 bits per heavy atom. The van der Waals surface area contributed by atoms with Crippen LogP contribution in [-0.4, -0.2) is 30.6 Å². The van der Waals surface area contributed by atoms with Crippen molar-refractivity contribution in [3.8, 4) is 0 Å². The molecule has 0 aliphatic carbocycles. The highest BCUT2D eigenvalue weighted by Gasteiger charge is 2.16. The van der Waals surface area contributed by atoms with E-state index in [1.807, 2.05) is 24.3 Å². The van der Waals surface area contributed by atoms with Gasteiger partial charge in [0.05, 0.1) is 12.7 Å². The topological polar surface area (TPSA) is 29.5 Å². The van der Waals surface area contributed by atoms with Crippen molar-refractivity contribution in [2.45, 2.75) is 40.3 Å². The largest absolute Gasteiger partial charge is 0.465 e. The van der Waals surface area contributed by atoms with Crippen LogP contribution in [0.25, 0.3) is 0 Å². The Bertz CT molecular complexity index is 413. The van der Waals surface area contributed by atoms with E-state index in [0.29, 0.717) is 17.5 Å². The Kier molecular flexibility index (Phi) is 6.03. The molecule has 0 fully saturated rings. The van der Waals surface area contributed by atoms with Gasteiger partial charge in [0.25, 0.3) is 0 Å². The minimum atomic E-state index is -0.260. The molecule has 0 bridgehead atoms. The summed E-state index contributed by atoms with van der Waals surface area (Å²) in [4.78, 5) is 14.1. The molecule has 3 heteroatoms. The van der Waals surface area contributed by atoms with Gasteiger partial charge in [-0.3, -0.25) is 4.90 Å². The van der Waals surface area contributed by atoms with Crippen molar-refractivity contribution < 1.29 is 9.53 Å². The summed E-state index contributed by atoms with van der Waals surface area (Å²) in [5.74, 6) is 0.344. The Morgan fingerprint density at radius 2 is 1.84 bits per heavy atom. The summed E-state index contributed by atoms with van der Waals surface area (Å²) >= 11 is 0. The van der Waals surface area contributed by atoms with Crippen LogP contribution in [0.5, 0.6) is 0 Å². The van der Waals surface area contributed by atoms with E-state index >= 15 is 0 Å². The first-order valence-electron chi connectivity index (χ1n) is 6.86. The molecular formula is C16H25NO2. The molecule has 1 rings (SSSR count). The minimum Gasteiger partial charge on any atom is -0.465 e. The van der Waals surface area contributed by atoms with Gasteiger partial charge in [0.1, 0.15) is 0 Å². The molecule has 0 atom stereocenters. The van der Waals surface area contributed by atoms with E-state index in [9.17, 15) is 4.79 Å². The van der Waals surface area contributed by atoms with Gasteiger partial charge in [0.15, 0.2) is 0 Å². The molecule has 1 aromatic rings. The lowest BCUT2D eigenvalue weighted by atomic mass is 10.1. The first kappa shape index (κ1) is 15.7. The molecule has 0 saturated heterocycles. The second kappa shape index (κ2) is 7.29. The summed E-state index contributed by atoms with van der Waals surface area (Å²) in [5, 5.41) is 0. The number of methoxy groups -OCH3 is 1. The third-order valence-electron chi connectivity index (χ3n) is 3.13. The summed E-state index contributed by atoms with van der Waals surface area (Å²) in [6.07, 6.45) is 0. The zero-order chi connectivity index (χ0) is 14.4. The molecule has 0 aliphatic heterocycles. The minimum absolute atomic E-state index is 0.260. The maximum atomic E-state index is 11.8. The average molecular weight is 263 g/mol. The fourth-order valence-electron chi connectivity index (χ4n) is 2.11. The molecule has 0 heterocycles. The summed E-state index contributed by atoms with van der Waals surface area (Å²) in [6, 6.07) is 8.12. The molecule has 0 aromatic heterocycles. The lowest BCUT2D eigenvalue weighted by molar-refractivity contribution is 0.0597. The van der Waals surface area contributed by atoms with Gasteiger partial charge in [-0.2, -0.15) is 0 Å². The molecule has 0 unspecified atom stereocenters. The molecule has 0 amide bonds. The van der Waals surface area contributed by atoms with E-state index in [0.717, 1.165) is 18.7 Å². The summed E-state index contributed by atoms with van der Waals surface area (Å²) in [7, 11) is 1.42. The fraction of sp³-hybridized carbons (Fsp3) is 0.562. The van der Waals surface area contributed by atoms with E-state index in [1.165, 1.54) is 7.11 Å². The predicted octanol–water partition coefficient (Wildman–Crippen LogP) is 3.34. The third-order valence-corrected chi connectivity index (χ3v) is 3.13. The zero-order valence-corrected chi connectivity index (χ0v) is 12.6. The summed E-state index contributed by atoms with van der Waals surface area (Å²) in [6.45, 7) is 10.6. The first-order valence-corrected chi connectivity index (χ1v) is 6.86. The van der Waals surface area contributed by atoms with Crippen LogP contribution in [0.2, 0.25) is 0 Å². The van der Waals surface area contributed by atoms with Gasteiger partial charge in [0.2, 0.25) is 0 Å².